The highest BCUT2D eigenvalue weighted by Gasteiger charge is 2.40. The van der Waals surface area contributed by atoms with Crippen LogP contribution in [0.4, 0.5) is 5.69 Å². The third kappa shape index (κ3) is 5.45. The fourth-order valence-corrected chi connectivity index (χ4v) is 5.04. The largest absolute Gasteiger partial charge is 0.497 e. The number of nitrogens with zero attached hydrogens (tertiary/aromatic N) is 3. The van der Waals surface area contributed by atoms with Crippen molar-refractivity contribution in [2.75, 3.05) is 25.2 Å². The number of halogens is 2. The van der Waals surface area contributed by atoms with Crippen molar-refractivity contribution >= 4 is 40.5 Å². The van der Waals surface area contributed by atoms with Crippen molar-refractivity contribution in [2.45, 2.75) is 45.1 Å². The third-order valence-corrected chi connectivity index (χ3v) is 6.88. The van der Waals surface area contributed by atoms with E-state index in [4.69, 9.17) is 33.0 Å². The highest BCUT2D eigenvalue weighted by molar-refractivity contribution is 6.41. The molecule has 6 nitrogen and oxygen atoms in total. The van der Waals surface area contributed by atoms with Gasteiger partial charge in [-0.05, 0) is 48.7 Å². The number of hydrazine groups is 1. The number of hydrogen-bond donors (Lipinski definition) is 1. The zero-order valence-corrected chi connectivity index (χ0v) is 20.6. The molecule has 1 amide bonds. The van der Waals surface area contributed by atoms with Gasteiger partial charge in [-0.1, -0.05) is 61.5 Å². The Hall–Kier alpha value is -2.28. The third-order valence-electron chi connectivity index (χ3n) is 6.35. The minimum absolute atomic E-state index is 0.153. The summed E-state index contributed by atoms with van der Waals surface area (Å²) in [7, 11) is 1.64. The number of hydrazone groups is 1. The Balaban J connectivity index is 1.64. The van der Waals surface area contributed by atoms with Crippen LogP contribution in [-0.2, 0) is 4.79 Å². The van der Waals surface area contributed by atoms with E-state index in [0.29, 0.717) is 21.4 Å². The van der Waals surface area contributed by atoms with Gasteiger partial charge in [0.1, 0.15) is 11.5 Å². The molecule has 2 aliphatic heterocycles. The first kappa shape index (κ1) is 23.9. The molecular weight excluding hydrogens is 459 g/mol. The van der Waals surface area contributed by atoms with Crippen LogP contribution in [0.1, 0.15) is 50.6 Å². The normalized spacial score (nSPS) is 21.8. The fourth-order valence-electron chi connectivity index (χ4n) is 4.54. The van der Waals surface area contributed by atoms with E-state index in [1.54, 1.807) is 19.2 Å². The smallest absolute Gasteiger partial charge is 0.282 e. The second-order valence-electron chi connectivity index (χ2n) is 8.63. The average Bonchev–Trinajstić information content (AvgIpc) is 3.12. The molecule has 0 spiro atoms. The summed E-state index contributed by atoms with van der Waals surface area (Å²) in [4.78, 5) is 13.3. The van der Waals surface area contributed by atoms with Crippen molar-refractivity contribution in [1.29, 1.82) is 0 Å². The Bertz CT molecular complexity index is 1000. The van der Waals surface area contributed by atoms with Gasteiger partial charge in [0.25, 0.3) is 5.91 Å². The fraction of sp³-hybridized carbons (Fsp3) is 0.440. The predicted octanol–water partition coefficient (Wildman–Crippen LogP) is 5.85. The number of methoxy groups -OCH3 is 1. The maximum atomic E-state index is 13.3. The van der Waals surface area contributed by atoms with E-state index in [1.807, 2.05) is 47.3 Å². The first-order valence-corrected chi connectivity index (χ1v) is 12.3. The first-order valence-electron chi connectivity index (χ1n) is 11.5. The maximum absolute atomic E-state index is 13.3. The van der Waals surface area contributed by atoms with E-state index in [9.17, 15) is 4.79 Å². The summed E-state index contributed by atoms with van der Waals surface area (Å²) < 4.78 is 5.32. The quantitative estimate of drug-likeness (QED) is 0.572. The van der Waals surface area contributed by atoms with Gasteiger partial charge in [0.2, 0.25) is 0 Å². The predicted molar refractivity (Wildman–Crippen MR) is 134 cm³/mol. The molecule has 2 atom stereocenters. The average molecular weight is 489 g/mol. The van der Waals surface area contributed by atoms with Crippen LogP contribution in [0.25, 0.3) is 0 Å². The second kappa shape index (κ2) is 10.8. The zero-order valence-electron chi connectivity index (χ0n) is 19.1. The molecule has 8 heteroatoms. The molecule has 0 aromatic heterocycles. The molecule has 2 heterocycles. The number of anilines is 1. The van der Waals surface area contributed by atoms with Crippen LogP contribution in [0.2, 0.25) is 10.0 Å². The molecule has 1 fully saturated rings. The van der Waals surface area contributed by atoms with E-state index in [1.165, 1.54) is 19.3 Å². The van der Waals surface area contributed by atoms with Crippen molar-refractivity contribution in [3.63, 3.8) is 0 Å². The van der Waals surface area contributed by atoms with Crippen molar-refractivity contribution in [2.24, 2.45) is 11.0 Å². The second-order valence-corrected chi connectivity index (χ2v) is 9.47. The number of ether oxygens (including phenoxy) is 1. The topological polar surface area (TPSA) is 57.2 Å². The molecule has 2 aliphatic rings. The summed E-state index contributed by atoms with van der Waals surface area (Å²) in [6.45, 7) is 3.76. The van der Waals surface area contributed by atoms with Gasteiger partial charge in [-0.3, -0.25) is 15.2 Å². The van der Waals surface area contributed by atoms with Gasteiger partial charge in [-0.25, -0.2) is 5.01 Å². The summed E-state index contributed by atoms with van der Waals surface area (Å²) in [5.74, 6) is 0.463. The molecule has 176 valence electrons. The van der Waals surface area contributed by atoms with Crippen molar-refractivity contribution in [3.05, 3.63) is 58.1 Å². The van der Waals surface area contributed by atoms with E-state index in [0.717, 1.165) is 37.2 Å². The number of amides is 1. The van der Waals surface area contributed by atoms with Crippen LogP contribution < -0.4 is 15.2 Å². The van der Waals surface area contributed by atoms with Gasteiger partial charge in [0.15, 0.2) is 0 Å². The minimum atomic E-state index is -0.192. The number of nitrogens with one attached hydrogen (secondary N) is 1. The molecule has 1 saturated heterocycles. The Morgan fingerprint density at radius 3 is 2.33 bits per heavy atom. The molecule has 0 radical (unpaired) electrons. The zero-order chi connectivity index (χ0) is 23.4. The minimum Gasteiger partial charge on any atom is -0.497 e. The van der Waals surface area contributed by atoms with Gasteiger partial charge in [-0.15, -0.1) is 0 Å². The van der Waals surface area contributed by atoms with E-state index in [2.05, 4.69) is 5.43 Å². The summed E-state index contributed by atoms with van der Waals surface area (Å²) in [6, 6.07) is 13.0. The van der Waals surface area contributed by atoms with E-state index < -0.39 is 0 Å². The van der Waals surface area contributed by atoms with E-state index >= 15 is 0 Å². The molecule has 33 heavy (non-hydrogen) atoms. The summed E-state index contributed by atoms with van der Waals surface area (Å²) in [5.41, 5.74) is 5.33. The lowest BCUT2D eigenvalue weighted by atomic mass is 9.91. The standard InChI is InChI=1S/C25H30Cl2N4O2/c1-17-23(25(32)29-30-14-6-4-3-5-7-15-30)28-31(22-13-10-19(26)16-21(22)27)24(17)18-8-11-20(33-2)12-9-18/h8-13,16-17,24H,3-7,14-15H2,1-2H3,(H,29,32)/t17-,24+/m0/s1. The van der Waals surface area contributed by atoms with Gasteiger partial charge in [0.05, 0.1) is 23.9 Å². The molecule has 0 aliphatic carbocycles. The Labute approximate surface area is 205 Å². The molecule has 2 aromatic rings. The lowest BCUT2D eigenvalue weighted by molar-refractivity contribution is -0.119. The lowest BCUT2D eigenvalue weighted by Gasteiger charge is -2.28. The van der Waals surface area contributed by atoms with Crippen molar-refractivity contribution in [1.82, 2.24) is 10.4 Å². The van der Waals surface area contributed by atoms with Crippen LogP contribution in [0.5, 0.6) is 5.75 Å². The summed E-state index contributed by atoms with van der Waals surface area (Å²) in [6.07, 6.45) is 5.84. The van der Waals surface area contributed by atoms with Gasteiger partial charge < -0.3 is 4.74 Å². The molecular formula is C25H30Cl2N4O2. The van der Waals surface area contributed by atoms with Crippen LogP contribution in [0.15, 0.2) is 47.6 Å². The highest BCUT2D eigenvalue weighted by atomic mass is 35.5. The van der Waals surface area contributed by atoms with Gasteiger partial charge >= 0.3 is 0 Å². The molecule has 0 bridgehead atoms. The highest BCUT2D eigenvalue weighted by Crippen LogP contribution is 2.42. The van der Waals surface area contributed by atoms with Crippen LogP contribution in [0, 0.1) is 5.92 Å². The molecule has 1 N–H and O–H groups in total. The maximum Gasteiger partial charge on any atom is 0.282 e. The number of rotatable bonds is 5. The number of benzene rings is 2. The van der Waals surface area contributed by atoms with Gasteiger partial charge in [0, 0.05) is 24.0 Å². The summed E-state index contributed by atoms with van der Waals surface area (Å²) in [5, 5.41) is 9.71. The van der Waals surface area contributed by atoms with Crippen LogP contribution in [0.3, 0.4) is 0 Å². The Morgan fingerprint density at radius 2 is 1.70 bits per heavy atom. The molecule has 0 unspecified atom stereocenters. The number of carbonyl (C=O) groups excluding carboxylic acids is 1. The first-order chi connectivity index (χ1) is 16.0. The van der Waals surface area contributed by atoms with Gasteiger partial charge in [-0.2, -0.15) is 5.10 Å². The van der Waals surface area contributed by atoms with Crippen molar-refractivity contribution in [3.8, 4) is 5.75 Å². The molecule has 4 rings (SSSR count). The monoisotopic (exact) mass is 488 g/mol. The molecule has 2 aromatic carbocycles. The Kier molecular flexibility index (Phi) is 7.78. The lowest BCUT2D eigenvalue weighted by Crippen LogP contribution is -2.47. The van der Waals surface area contributed by atoms with Crippen LogP contribution in [-0.4, -0.2) is 36.8 Å². The number of hydrogen-bond acceptors (Lipinski definition) is 5. The van der Waals surface area contributed by atoms with Crippen LogP contribution >= 0.6 is 23.2 Å². The van der Waals surface area contributed by atoms with E-state index in [-0.39, 0.29) is 17.9 Å². The van der Waals surface area contributed by atoms with Crippen molar-refractivity contribution < 1.29 is 9.53 Å². The Morgan fingerprint density at radius 1 is 1.03 bits per heavy atom. The molecule has 0 saturated carbocycles. The SMILES string of the molecule is COc1ccc([C@H]2[C@@H](C)C(C(=O)NN3CCCCCCC3)=NN2c2ccc(Cl)cc2Cl)cc1. The summed E-state index contributed by atoms with van der Waals surface area (Å²) >= 11 is 12.7. The number of carbonyl (C=O) groups is 1.